The second-order valence-electron chi connectivity index (χ2n) is 4.62. The van der Waals surface area contributed by atoms with Crippen molar-refractivity contribution in [2.24, 2.45) is 0 Å². The molecule has 18 heavy (non-hydrogen) atoms. The minimum atomic E-state index is -1.00. The van der Waals surface area contributed by atoms with E-state index in [4.69, 9.17) is 15.1 Å². The van der Waals surface area contributed by atoms with E-state index in [1.165, 1.54) is 4.90 Å². The molecule has 1 heterocycles. The molecule has 0 radical (unpaired) electrons. The molecule has 1 amide bonds. The highest BCUT2D eigenvalue weighted by atomic mass is 16.5. The van der Waals surface area contributed by atoms with Crippen LogP contribution in [0.2, 0.25) is 0 Å². The molecule has 0 bridgehead atoms. The number of anilines is 1. The lowest BCUT2D eigenvalue weighted by atomic mass is 10.0. The summed E-state index contributed by atoms with van der Waals surface area (Å²) in [4.78, 5) is 13.6. The van der Waals surface area contributed by atoms with Gasteiger partial charge in [0.1, 0.15) is 12.3 Å². The normalized spacial score (nSPS) is 16.8. The maximum Gasteiger partial charge on any atom is 0.271 e. The van der Waals surface area contributed by atoms with Crippen LogP contribution in [0.4, 0.5) is 5.69 Å². The first-order valence-corrected chi connectivity index (χ1v) is 5.61. The van der Waals surface area contributed by atoms with E-state index in [1.54, 1.807) is 32.0 Å². The van der Waals surface area contributed by atoms with Crippen LogP contribution in [0.5, 0.6) is 5.75 Å². The van der Waals surface area contributed by atoms with Crippen molar-refractivity contribution in [3.8, 4) is 11.8 Å². The highest BCUT2D eigenvalue weighted by molar-refractivity contribution is 6.02. The molecule has 1 aromatic rings. The molecule has 0 unspecified atom stereocenters. The van der Waals surface area contributed by atoms with Crippen molar-refractivity contribution in [1.29, 1.82) is 5.26 Å². The molecule has 0 atom stereocenters. The third-order valence-corrected chi connectivity index (χ3v) is 2.85. The second kappa shape index (κ2) is 4.31. The number of fused-ring (bicyclic) bond motifs is 1. The van der Waals surface area contributed by atoms with Gasteiger partial charge in [0.05, 0.1) is 18.4 Å². The summed E-state index contributed by atoms with van der Waals surface area (Å²) in [5.41, 5.74) is 0.270. The number of nitrogens with zero attached hydrogens (tertiary/aromatic N) is 2. The Labute approximate surface area is 105 Å². The molecule has 0 spiro atoms. The number of rotatable bonds is 2. The van der Waals surface area contributed by atoms with Crippen molar-refractivity contribution in [2.75, 3.05) is 11.4 Å². The molecule has 1 aliphatic rings. The zero-order chi connectivity index (χ0) is 13.3. The number of hydrogen-bond acceptors (Lipinski definition) is 4. The summed E-state index contributed by atoms with van der Waals surface area (Å²) in [6.45, 7) is 3.21. The van der Waals surface area contributed by atoms with Crippen molar-refractivity contribution >= 4 is 11.6 Å². The van der Waals surface area contributed by atoms with E-state index < -0.39 is 5.60 Å². The molecule has 0 aromatic heterocycles. The standard InChI is InChI=1S/C13H14N2O3/c1-13(2)12(17)15(6-5-14)10-4-3-9(8-16)7-11(10)18-13/h3-4,7,16H,6,8H2,1-2H3. The van der Waals surface area contributed by atoms with E-state index in [2.05, 4.69) is 0 Å². The molecule has 0 aliphatic carbocycles. The summed E-state index contributed by atoms with van der Waals surface area (Å²) in [5, 5.41) is 17.9. The Hall–Kier alpha value is -2.06. The Morgan fingerprint density at radius 1 is 1.50 bits per heavy atom. The van der Waals surface area contributed by atoms with Gasteiger partial charge in [0, 0.05) is 0 Å². The van der Waals surface area contributed by atoms with Crippen LogP contribution in [0.15, 0.2) is 18.2 Å². The fourth-order valence-electron chi connectivity index (χ4n) is 1.94. The lowest BCUT2D eigenvalue weighted by Gasteiger charge is -2.37. The SMILES string of the molecule is CC1(C)Oc2cc(CO)ccc2N(CC#N)C1=O. The van der Waals surface area contributed by atoms with Crippen LogP contribution in [0.3, 0.4) is 0 Å². The summed E-state index contributed by atoms with van der Waals surface area (Å²) in [5.74, 6) is 0.273. The van der Waals surface area contributed by atoms with Crippen LogP contribution >= 0.6 is 0 Å². The summed E-state index contributed by atoms with van der Waals surface area (Å²) in [6.07, 6.45) is 0. The van der Waals surface area contributed by atoms with E-state index in [-0.39, 0.29) is 19.1 Å². The first-order valence-electron chi connectivity index (χ1n) is 5.61. The predicted molar refractivity (Wildman–Crippen MR) is 65.0 cm³/mol. The van der Waals surface area contributed by atoms with Crippen molar-refractivity contribution in [3.63, 3.8) is 0 Å². The molecule has 2 rings (SSSR count). The highest BCUT2D eigenvalue weighted by Crippen LogP contribution is 2.38. The monoisotopic (exact) mass is 246 g/mol. The van der Waals surface area contributed by atoms with Crippen molar-refractivity contribution in [3.05, 3.63) is 23.8 Å². The molecular formula is C13H14N2O3. The van der Waals surface area contributed by atoms with Gasteiger partial charge in [-0.1, -0.05) is 6.07 Å². The minimum absolute atomic E-state index is 0.0168. The number of aliphatic hydroxyl groups is 1. The molecule has 1 N–H and O–H groups in total. The lowest BCUT2D eigenvalue weighted by molar-refractivity contribution is -0.132. The average molecular weight is 246 g/mol. The van der Waals surface area contributed by atoms with E-state index in [0.29, 0.717) is 17.0 Å². The third kappa shape index (κ3) is 1.91. The lowest BCUT2D eigenvalue weighted by Crippen LogP contribution is -2.52. The molecular weight excluding hydrogens is 232 g/mol. The van der Waals surface area contributed by atoms with E-state index >= 15 is 0 Å². The van der Waals surface area contributed by atoms with E-state index in [1.807, 2.05) is 6.07 Å². The summed E-state index contributed by atoms with van der Waals surface area (Å²) < 4.78 is 5.64. The van der Waals surface area contributed by atoms with Gasteiger partial charge in [0.15, 0.2) is 5.60 Å². The van der Waals surface area contributed by atoms with E-state index in [0.717, 1.165) is 0 Å². The Morgan fingerprint density at radius 2 is 2.22 bits per heavy atom. The van der Waals surface area contributed by atoms with Gasteiger partial charge in [-0.25, -0.2) is 0 Å². The topological polar surface area (TPSA) is 73.6 Å². The third-order valence-electron chi connectivity index (χ3n) is 2.85. The Balaban J connectivity index is 2.52. The van der Waals surface area contributed by atoms with Gasteiger partial charge < -0.3 is 9.84 Å². The molecule has 0 fully saturated rings. The van der Waals surface area contributed by atoms with Crippen LogP contribution < -0.4 is 9.64 Å². The Kier molecular flexibility index (Phi) is 2.97. The van der Waals surface area contributed by atoms with Crippen LogP contribution in [-0.4, -0.2) is 23.2 Å². The van der Waals surface area contributed by atoms with Gasteiger partial charge in [-0.3, -0.25) is 9.69 Å². The number of aliphatic hydroxyl groups excluding tert-OH is 1. The van der Waals surface area contributed by atoms with Gasteiger partial charge >= 0.3 is 0 Å². The molecule has 94 valence electrons. The number of nitriles is 1. The van der Waals surface area contributed by atoms with Crippen LogP contribution in [0.25, 0.3) is 0 Å². The quantitative estimate of drug-likeness (QED) is 0.796. The summed E-state index contributed by atoms with van der Waals surface area (Å²) in [7, 11) is 0. The van der Waals surface area contributed by atoms with Crippen molar-refractivity contribution in [2.45, 2.75) is 26.1 Å². The van der Waals surface area contributed by atoms with Gasteiger partial charge in [-0.15, -0.1) is 0 Å². The molecule has 0 saturated heterocycles. The van der Waals surface area contributed by atoms with Gasteiger partial charge in [-0.2, -0.15) is 5.26 Å². The van der Waals surface area contributed by atoms with E-state index in [9.17, 15) is 4.79 Å². The fraction of sp³-hybridized carbons (Fsp3) is 0.385. The smallest absolute Gasteiger partial charge is 0.271 e. The molecule has 1 aromatic carbocycles. The second-order valence-corrected chi connectivity index (χ2v) is 4.62. The van der Waals surface area contributed by atoms with Gasteiger partial charge in [0.25, 0.3) is 5.91 Å². The number of carbonyl (C=O) groups excluding carboxylic acids is 1. The zero-order valence-corrected chi connectivity index (χ0v) is 10.3. The number of carbonyl (C=O) groups is 1. The molecule has 1 aliphatic heterocycles. The summed E-state index contributed by atoms with van der Waals surface area (Å²) in [6, 6.07) is 7.06. The maximum absolute atomic E-state index is 12.2. The maximum atomic E-state index is 12.2. The zero-order valence-electron chi connectivity index (χ0n) is 10.3. The predicted octanol–water partition coefficient (Wildman–Crippen LogP) is 1.21. The first-order chi connectivity index (χ1) is 8.49. The number of ether oxygens (including phenoxy) is 1. The Bertz CT molecular complexity index is 532. The summed E-state index contributed by atoms with van der Waals surface area (Å²) >= 11 is 0. The van der Waals surface area contributed by atoms with Crippen molar-refractivity contribution in [1.82, 2.24) is 0 Å². The number of hydrogen-bond donors (Lipinski definition) is 1. The average Bonchev–Trinajstić information content (AvgIpc) is 2.34. The highest BCUT2D eigenvalue weighted by Gasteiger charge is 2.40. The van der Waals surface area contributed by atoms with Crippen LogP contribution in [-0.2, 0) is 11.4 Å². The van der Waals surface area contributed by atoms with Crippen LogP contribution in [0.1, 0.15) is 19.4 Å². The minimum Gasteiger partial charge on any atom is -0.476 e. The first kappa shape index (κ1) is 12.4. The Morgan fingerprint density at radius 3 is 2.83 bits per heavy atom. The fourth-order valence-corrected chi connectivity index (χ4v) is 1.94. The van der Waals surface area contributed by atoms with Gasteiger partial charge in [-0.05, 0) is 31.5 Å². The van der Waals surface area contributed by atoms with Crippen molar-refractivity contribution < 1.29 is 14.6 Å². The molecule has 5 nitrogen and oxygen atoms in total. The molecule has 5 heteroatoms. The number of amides is 1. The largest absolute Gasteiger partial charge is 0.476 e. The van der Waals surface area contributed by atoms with Crippen LogP contribution in [0, 0.1) is 11.3 Å². The van der Waals surface area contributed by atoms with Gasteiger partial charge in [0.2, 0.25) is 0 Å². The molecule has 0 saturated carbocycles. The number of benzene rings is 1.